The summed E-state index contributed by atoms with van der Waals surface area (Å²) in [7, 11) is 2.18. The van der Waals surface area contributed by atoms with Crippen LogP contribution in [0.2, 0.25) is 0 Å². The van der Waals surface area contributed by atoms with Crippen molar-refractivity contribution in [3.63, 3.8) is 0 Å². The largest absolute Gasteiger partial charge is 0.311 e. The van der Waals surface area contributed by atoms with Gasteiger partial charge < -0.3 is 10.2 Å². The van der Waals surface area contributed by atoms with Gasteiger partial charge in [0.2, 0.25) is 0 Å². The standard InChI is InChI=1S/C16H29N3/c1-4-6-7-12-19(3)14-16-10-8-9-15(18-16)13-17-11-5-2/h8-10,17H,4-7,11-14H2,1-3H3. The van der Waals surface area contributed by atoms with E-state index in [0.29, 0.717) is 0 Å². The van der Waals surface area contributed by atoms with Gasteiger partial charge in [0.1, 0.15) is 0 Å². The molecule has 1 heterocycles. The molecule has 1 aromatic rings. The van der Waals surface area contributed by atoms with Crippen molar-refractivity contribution >= 4 is 0 Å². The summed E-state index contributed by atoms with van der Waals surface area (Å²) in [4.78, 5) is 7.07. The van der Waals surface area contributed by atoms with Crippen LogP contribution in [0.1, 0.15) is 50.9 Å². The molecule has 3 heteroatoms. The van der Waals surface area contributed by atoms with Crippen molar-refractivity contribution in [2.24, 2.45) is 0 Å². The molecule has 0 saturated heterocycles. The molecule has 0 amide bonds. The first-order valence-corrected chi connectivity index (χ1v) is 7.60. The van der Waals surface area contributed by atoms with E-state index in [-0.39, 0.29) is 0 Å². The van der Waals surface area contributed by atoms with Gasteiger partial charge in [-0.2, -0.15) is 0 Å². The van der Waals surface area contributed by atoms with Crippen molar-refractivity contribution in [1.82, 2.24) is 15.2 Å². The average Bonchev–Trinajstić information content (AvgIpc) is 2.40. The molecule has 0 radical (unpaired) electrons. The lowest BCUT2D eigenvalue weighted by molar-refractivity contribution is 0.314. The van der Waals surface area contributed by atoms with Gasteiger partial charge in [-0.1, -0.05) is 32.8 Å². The van der Waals surface area contributed by atoms with Gasteiger partial charge in [0.05, 0.1) is 11.4 Å². The minimum atomic E-state index is 0.876. The average molecular weight is 263 g/mol. The Kier molecular flexibility index (Phi) is 8.43. The Bertz CT molecular complexity index is 339. The van der Waals surface area contributed by atoms with Crippen molar-refractivity contribution in [3.05, 3.63) is 29.6 Å². The predicted octanol–water partition coefficient (Wildman–Crippen LogP) is 3.20. The summed E-state index contributed by atoms with van der Waals surface area (Å²) in [6.45, 7) is 8.47. The Morgan fingerprint density at radius 2 is 1.89 bits per heavy atom. The lowest BCUT2D eigenvalue weighted by atomic mass is 10.2. The van der Waals surface area contributed by atoms with Crippen molar-refractivity contribution in [2.45, 2.75) is 52.6 Å². The third kappa shape index (κ3) is 7.28. The molecule has 108 valence electrons. The fraction of sp³-hybridized carbons (Fsp3) is 0.688. The first-order valence-electron chi connectivity index (χ1n) is 7.60. The molecule has 0 bridgehead atoms. The quantitative estimate of drug-likeness (QED) is 0.657. The van der Waals surface area contributed by atoms with Gasteiger partial charge in [-0.05, 0) is 45.1 Å². The highest BCUT2D eigenvalue weighted by molar-refractivity contribution is 5.11. The third-order valence-electron chi connectivity index (χ3n) is 3.17. The number of rotatable bonds is 10. The van der Waals surface area contributed by atoms with E-state index in [0.717, 1.165) is 31.9 Å². The summed E-state index contributed by atoms with van der Waals surface area (Å²) < 4.78 is 0. The van der Waals surface area contributed by atoms with E-state index in [1.165, 1.54) is 31.4 Å². The molecule has 0 fully saturated rings. The first-order chi connectivity index (χ1) is 9.26. The van der Waals surface area contributed by atoms with Crippen molar-refractivity contribution in [2.75, 3.05) is 20.1 Å². The van der Waals surface area contributed by atoms with Crippen molar-refractivity contribution < 1.29 is 0 Å². The Balaban J connectivity index is 2.38. The maximum atomic E-state index is 4.71. The van der Waals surface area contributed by atoms with Crippen LogP contribution in [0, 0.1) is 0 Å². The second kappa shape index (κ2) is 9.93. The molecule has 0 saturated carbocycles. The lowest BCUT2D eigenvalue weighted by Gasteiger charge is -2.16. The highest BCUT2D eigenvalue weighted by atomic mass is 15.1. The van der Waals surface area contributed by atoms with Crippen LogP contribution in [0.25, 0.3) is 0 Å². The maximum Gasteiger partial charge on any atom is 0.0547 e. The second-order valence-corrected chi connectivity index (χ2v) is 5.24. The Morgan fingerprint density at radius 3 is 2.63 bits per heavy atom. The highest BCUT2D eigenvalue weighted by Crippen LogP contribution is 2.04. The van der Waals surface area contributed by atoms with Crippen LogP contribution in [0.4, 0.5) is 0 Å². The predicted molar refractivity (Wildman–Crippen MR) is 82.1 cm³/mol. The Hall–Kier alpha value is -0.930. The SMILES string of the molecule is CCCCCN(C)Cc1cccc(CNCCC)n1. The fourth-order valence-corrected chi connectivity index (χ4v) is 2.10. The van der Waals surface area contributed by atoms with E-state index < -0.39 is 0 Å². The van der Waals surface area contributed by atoms with Gasteiger partial charge in [0, 0.05) is 13.1 Å². The smallest absolute Gasteiger partial charge is 0.0547 e. The Morgan fingerprint density at radius 1 is 1.11 bits per heavy atom. The third-order valence-corrected chi connectivity index (χ3v) is 3.17. The summed E-state index contributed by atoms with van der Waals surface area (Å²) in [6, 6.07) is 6.34. The summed E-state index contributed by atoms with van der Waals surface area (Å²) >= 11 is 0. The van der Waals surface area contributed by atoms with Gasteiger partial charge in [0.25, 0.3) is 0 Å². The van der Waals surface area contributed by atoms with E-state index in [9.17, 15) is 0 Å². The van der Waals surface area contributed by atoms with E-state index in [4.69, 9.17) is 4.98 Å². The summed E-state index contributed by atoms with van der Waals surface area (Å²) in [5.74, 6) is 0. The van der Waals surface area contributed by atoms with Crippen LogP contribution in [-0.2, 0) is 13.1 Å². The molecule has 0 unspecified atom stereocenters. The summed E-state index contributed by atoms with van der Waals surface area (Å²) in [5.41, 5.74) is 2.32. The summed E-state index contributed by atoms with van der Waals surface area (Å²) in [5, 5.41) is 3.40. The van der Waals surface area contributed by atoms with Crippen LogP contribution in [0.3, 0.4) is 0 Å². The number of aromatic nitrogens is 1. The fourth-order valence-electron chi connectivity index (χ4n) is 2.10. The molecule has 1 rings (SSSR count). The number of hydrogen-bond donors (Lipinski definition) is 1. The second-order valence-electron chi connectivity index (χ2n) is 5.24. The van der Waals surface area contributed by atoms with Crippen molar-refractivity contribution in [1.29, 1.82) is 0 Å². The van der Waals surface area contributed by atoms with Gasteiger partial charge in [-0.25, -0.2) is 0 Å². The lowest BCUT2D eigenvalue weighted by Crippen LogP contribution is -2.20. The number of unbranched alkanes of at least 4 members (excludes halogenated alkanes) is 2. The van der Waals surface area contributed by atoms with Crippen molar-refractivity contribution in [3.8, 4) is 0 Å². The molecule has 0 aliphatic rings. The molecule has 1 N–H and O–H groups in total. The first kappa shape index (κ1) is 16.1. The molecule has 0 atom stereocenters. The maximum absolute atomic E-state index is 4.71. The zero-order valence-corrected chi connectivity index (χ0v) is 12.8. The highest BCUT2D eigenvalue weighted by Gasteiger charge is 2.02. The number of nitrogens with zero attached hydrogens (tertiary/aromatic N) is 2. The molecule has 0 spiro atoms. The molecule has 19 heavy (non-hydrogen) atoms. The zero-order valence-electron chi connectivity index (χ0n) is 12.8. The number of hydrogen-bond acceptors (Lipinski definition) is 3. The van der Waals surface area contributed by atoms with E-state index >= 15 is 0 Å². The van der Waals surface area contributed by atoms with Crippen LogP contribution in [-0.4, -0.2) is 30.0 Å². The molecular formula is C16H29N3. The molecule has 1 aromatic heterocycles. The molecular weight excluding hydrogens is 234 g/mol. The molecule has 0 aromatic carbocycles. The molecule has 0 aliphatic carbocycles. The molecule has 3 nitrogen and oxygen atoms in total. The van der Waals surface area contributed by atoms with Crippen LogP contribution >= 0.6 is 0 Å². The monoisotopic (exact) mass is 263 g/mol. The van der Waals surface area contributed by atoms with E-state index in [2.05, 4.69) is 49.3 Å². The van der Waals surface area contributed by atoms with Crippen LogP contribution in [0.5, 0.6) is 0 Å². The van der Waals surface area contributed by atoms with Crippen LogP contribution < -0.4 is 5.32 Å². The van der Waals surface area contributed by atoms with E-state index in [1.807, 2.05) is 0 Å². The normalized spacial score (nSPS) is 11.2. The summed E-state index contributed by atoms with van der Waals surface area (Å²) in [6.07, 6.45) is 5.05. The Labute approximate surface area is 118 Å². The van der Waals surface area contributed by atoms with Gasteiger partial charge in [-0.15, -0.1) is 0 Å². The topological polar surface area (TPSA) is 28.2 Å². The van der Waals surface area contributed by atoms with E-state index in [1.54, 1.807) is 0 Å². The van der Waals surface area contributed by atoms with Gasteiger partial charge in [0.15, 0.2) is 0 Å². The zero-order chi connectivity index (χ0) is 13.9. The molecule has 0 aliphatic heterocycles. The van der Waals surface area contributed by atoms with Crippen LogP contribution in [0.15, 0.2) is 18.2 Å². The minimum Gasteiger partial charge on any atom is -0.311 e. The minimum absolute atomic E-state index is 0.876. The van der Waals surface area contributed by atoms with Gasteiger partial charge in [-0.3, -0.25) is 4.98 Å². The number of pyridine rings is 1. The van der Waals surface area contributed by atoms with Gasteiger partial charge >= 0.3 is 0 Å². The number of nitrogens with one attached hydrogen (secondary N) is 1.